The van der Waals surface area contributed by atoms with Crippen molar-refractivity contribution in [3.8, 4) is 5.75 Å². The van der Waals surface area contributed by atoms with Crippen LogP contribution in [0.5, 0.6) is 5.75 Å². The molecule has 172 valence electrons. The average Bonchev–Trinajstić information content (AvgIpc) is 3.47. The van der Waals surface area contributed by atoms with Gasteiger partial charge in [0.15, 0.2) is 5.96 Å². The van der Waals surface area contributed by atoms with Gasteiger partial charge in [-0.25, -0.2) is 0 Å². The highest BCUT2D eigenvalue weighted by Crippen LogP contribution is 2.31. The second-order valence-electron chi connectivity index (χ2n) is 7.83. The lowest BCUT2D eigenvalue weighted by atomic mass is 10.0. The van der Waals surface area contributed by atoms with Crippen LogP contribution in [0.4, 0.5) is 0 Å². The number of furan rings is 1. The smallest absolute Gasteiger partial charge is 0.191 e. The van der Waals surface area contributed by atoms with Gasteiger partial charge in [0.2, 0.25) is 0 Å². The number of benzene rings is 1. The van der Waals surface area contributed by atoms with E-state index in [4.69, 9.17) is 9.15 Å². The minimum atomic E-state index is 0. The Labute approximate surface area is 203 Å². The first kappa shape index (κ1) is 25.5. The molecule has 1 saturated heterocycles. The number of rotatable bonds is 9. The van der Waals surface area contributed by atoms with Gasteiger partial charge < -0.3 is 19.8 Å². The summed E-state index contributed by atoms with van der Waals surface area (Å²) in [7, 11) is 7.65. The van der Waals surface area contributed by atoms with Crippen molar-refractivity contribution in [2.24, 2.45) is 4.99 Å². The van der Waals surface area contributed by atoms with E-state index < -0.39 is 0 Å². The van der Waals surface area contributed by atoms with Crippen LogP contribution in [-0.4, -0.2) is 70.2 Å². The molecule has 3 rings (SSSR count). The van der Waals surface area contributed by atoms with Crippen LogP contribution in [0.15, 0.2) is 52.1 Å². The number of methoxy groups -OCH3 is 1. The fourth-order valence-electron chi connectivity index (χ4n) is 4.06. The highest BCUT2D eigenvalue weighted by molar-refractivity contribution is 14.0. The minimum absolute atomic E-state index is 0. The first-order chi connectivity index (χ1) is 14.6. The Hall–Kier alpha value is -1.78. The second-order valence-corrected chi connectivity index (χ2v) is 7.83. The van der Waals surface area contributed by atoms with Crippen LogP contribution in [0.2, 0.25) is 0 Å². The normalized spacial score (nSPS) is 16.6. The molecule has 0 bridgehead atoms. The molecule has 1 aliphatic heterocycles. The molecule has 7 nitrogen and oxygen atoms in total. The number of ether oxygens (including phenoxy) is 1. The summed E-state index contributed by atoms with van der Waals surface area (Å²) in [5, 5.41) is 6.98. The summed E-state index contributed by atoms with van der Waals surface area (Å²) in [5.74, 6) is 2.66. The maximum absolute atomic E-state index is 5.65. The first-order valence-corrected chi connectivity index (χ1v) is 10.6. The quantitative estimate of drug-likeness (QED) is 0.288. The van der Waals surface area contributed by atoms with Crippen LogP contribution in [0.3, 0.4) is 0 Å². The molecule has 1 fully saturated rings. The van der Waals surface area contributed by atoms with E-state index in [9.17, 15) is 0 Å². The third-order valence-corrected chi connectivity index (χ3v) is 5.72. The van der Waals surface area contributed by atoms with Crippen molar-refractivity contribution in [1.29, 1.82) is 0 Å². The van der Waals surface area contributed by atoms with Gasteiger partial charge in [-0.05, 0) is 58.2 Å². The van der Waals surface area contributed by atoms with Crippen LogP contribution < -0.4 is 15.4 Å². The fraction of sp³-hybridized carbons (Fsp3) is 0.522. The predicted molar refractivity (Wildman–Crippen MR) is 136 cm³/mol. The standard InChI is InChI=1S/C23H35N5O2.HI/c1-24-23(26-17-20(27(2)3)22-12-9-15-30-22)25-16-19(28-13-7-8-14-28)18-10-5-6-11-21(18)29-4;/h5-6,9-12,15,19-20H,7-8,13-14,16-17H2,1-4H3,(H2,24,25,26);1H. The number of guanidine groups is 1. The zero-order chi connectivity index (χ0) is 21.3. The minimum Gasteiger partial charge on any atom is -0.496 e. The molecule has 2 aromatic rings. The van der Waals surface area contributed by atoms with Crippen LogP contribution >= 0.6 is 24.0 Å². The van der Waals surface area contributed by atoms with Crippen LogP contribution in [0, 0.1) is 0 Å². The predicted octanol–water partition coefficient (Wildman–Crippen LogP) is 3.51. The number of halogens is 1. The van der Waals surface area contributed by atoms with Gasteiger partial charge in [0, 0.05) is 25.7 Å². The number of para-hydroxylation sites is 1. The highest BCUT2D eigenvalue weighted by atomic mass is 127. The zero-order valence-corrected chi connectivity index (χ0v) is 21.3. The Morgan fingerprint density at radius 1 is 1.13 bits per heavy atom. The number of nitrogens with one attached hydrogen (secondary N) is 2. The molecule has 2 unspecified atom stereocenters. The number of aliphatic imine (C=N–C) groups is 1. The van der Waals surface area contributed by atoms with Crippen molar-refractivity contribution in [3.05, 3.63) is 54.0 Å². The summed E-state index contributed by atoms with van der Waals surface area (Å²) >= 11 is 0. The Morgan fingerprint density at radius 3 is 2.45 bits per heavy atom. The Kier molecular flexibility index (Phi) is 10.6. The maximum Gasteiger partial charge on any atom is 0.191 e. The van der Waals surface area contributed by atoms with E-state index in [0.29, 0.717) is 6.54 Å². The first-order valence-electron chi connectivity index (χ1n) is 10.6. The van der Waals surface area contributed by atoms with Crippen LogP contribution in [-0.2, 0) is 0 Å². The van der Waals surface area contributed by atoms with E-state index in [1.807, 2.05) is 24.3 Å². The van der Waals surface area contributed by atoms with Crippen molar-refractivity contribution in [3.63, 3.8) is 0 Å². The van der Waals surface area contributed by atoms with Crippen molar-refractivity contribution in [2.75, 3.05) is 54.4 Å². The van der Waals surface area contributed by atoms with Gasteiger partial charge in [-0.1, -0.05) is 18.2 Å². The van der Waals surface area contributed by atoms with Gasteiger partial charge in [0.1, 0.15) is 11.5 Å². The van der Waals surface area contributed by atoms with E-state index in [0.717, 1.165) is 37.1 Å². The zero-order valence-electron chi connectivity index (χ0n) is 19.0. The molecule has 0 spiro atoms. The maximum atomic E-state index is 5.65. The molecule has 0 aliphatic carbocycles. The molecule has 0 amide bonds. The summed E-state index contributed by atoms with van der Waals surface area (Å²) in [5.41, 5.74) is 1.21. The number of hydrogen-bond donors (Lipinski definition) is 2. The lowest BCUT2D eigenvalue weighted by molar-refractivity contribution is 0.238. The van der Waals surface area contributed by atoms with Crippen LogP contribution in [0.25, 0.3) is 0 Å². The fourth-order valence-corrected chi connectivity index (χ4v) is 4.06. The summed E-state index contributed by atoms with van der Waals surface area (Å²) in [4.78, 5) is 9.10. The summed E-state index contributed by atoms with van der Waals surface area (Å²) in [6.07, 6.45) is 4.20. The van der Waals surface area contributed by atoms with E-state index in [2.05, 4.69) is 51.7 Å². The SMILES string of the molecule is CN=C(NCC(c1ccco1)N(C)C)NCC(c1ccccc1OC)N1CCCC1.I. The van der Waals surface area contributed by atoms with Gasteiger partial charge in [0.25, 0.3) is 0 Å². The lowest BCUT2D eigenvalue weighted by Crippen LogP contribution is -2.45. The number of likely N-dealkylation sites (N-methyl/N-ethyl adjacent to an activating group) is 1. The largest absolute Gasteiger partial charge is 0.496 e. The van der Waals surface area contributed by atoms with Gasteiger partial charge >= 0.3 is 0 Å². The van der Waals surface area contributed by atoms with Crippen molar-refractivity contribution < 1.29 is 9.15 Å². The molecule has 31 heavy (non-hydrogen) atoms. The monoisotopic (exact) mass is 541 g/mol. The molecular weight excluding hydrogens is 505 g/mol. The second kappa shape index (κ2) is 12.9. The van der Waals surface area contributed by atoms with E-state index >= 15 is 0 Å². The van der Waals surface area contributed by atoms with E-state index in [1.54, 1.807) is 20.4 Å². The Balaban J connectivity index is 0.00000341. The summed E-state index contributed by atoms with van der Waals surface area (Å²) in [6, 6.07) is 12.6. The number of nitrogens with zero attached hydrogens (tertiary/aromatic N) is 3. The summed E-state index contributed by atoms with van der Waals surface area (Å²) in [6.45, 7) is 3.67. The van der Waals surface area contributed by atoms with Gasteiger partial charge in [-0.3, -0.25) is 14.8 Å². The Bertz CT molecular complexity index is 791. The third-order valence-electron chi connectivity index (χ3n) is 5.72. The third kappa shape index (κ3) is 6.85. The molecule has 0 radical (unpaired) electrons. The Morgan fingerprint density at radius 2 is 1.84 bits per heavy atom. The number of hydrogen-bond acceptors (Lipinski definition) is 5. The van der Waals surface area contributed by atoms with Crippen LogP contribution in [0.1, 0.15) is 36.2 Å². The van der Waals surface area contributed by atoms with E-state index in [1.165, 1.54) is 18.4 Å². The molecule has 0 saturated carbocycles. The molecule has 1 aromatic carbocycles. The molecule has 2 atom stereocenters. The number of likely N-dealkylation sites (tertiary alicyclic amines) is 1. The van der Waals surface area contributed by atoms with Gasteiger partial charge in [-0.2, -0.15) is 0 Å². The molecule has 1 aromatic heterocycles. The van der Waals surface area contributed by atoms with Crippen molar-refractivity contribution >= 4 is 29.9 Å². The average molecular weight is 541 g/mol. The lowest BCUT2D eigenvalue weighted by Gasteiger charge is -2.30. The highest BCUT2D eigenvalue weighted by Gasteiger charge is 2.26. The van der Waals surface area contributed by atoms with Crippen molar-refractivity contribution in [2.45, 2.75) is 24.9 Å². The topological polar surface area (TPSA) is 65.3 Å². The molecule has 2 heterocycles. The molecule has 8 heteroatoms. The summed E-state index contributed by atoms with van der Waals surface area (Å²) < 4.78 is 11.3. The van der Waals surface area contributed by atoms with Crippen molar-refractivity contribution in [1.82, 2.24) is 20.4 Å². The molecule has 2 N–H and O–H groups in total. The van der Waals surface area contributed by atoms with Gasteiger partial charge in [-0.15, -0.1) is 24.0 Å². The van der Waals surface area contributed by atoms with Gasteiger partial charge in [0.05, 0.1) is 25.5 Å². The molecular formula is C23H36IN5O2. The van der Waals surface area contributed by atoms with E-state index in [-0.39, 0.29) is 36.1 Å². The molecule has 1 aliphatic rings.